The Morgan fingerprint density at radius 2 is 1.77 bits per heavy atom. The highest BCUT2D eigenvalue weighted by Crippen LogP contribution is 2.33. The molecule has 3 aromatic rings. The number of nitrogens with one attached hydrogen (secondary N) is 3. The van der Waals surface area contributed by atoms with E-state index in [1.54, 1.807) is 11.3 Å². The van der Waals surface area contributed by atoms with Crippen molar-refractivity contribution >= 4 is 75.8 Å². The number of anilines is 3. The van der Waals surface area contributed by atoms with Gasteiger partial charge in [-0.3, -0.25) is 4.79 Å². The lowest BCUT2D eigenvalue weighted by atomic mass is 10.3. The van der Waals surface area contributed by atoms with E-state index in [-0.39, 0.29) is 5.91 Å². The molecule has 3 N–H and O–H groups in total. The number of aromatic nitrogens is 5. The molecule has 0 fully saturated rings. The average Bonchev–Trinajstić information content (AvgIpc) is 3.09. The first kappa shape index (κ1) is 22.7. The van der Waals surface area contributed by atoms with Crippen molar-refractivity contribution in [2.45, 2.75) is 31.2 Å². The Balaban J connectivity index is 1.83. The standard InChI is InChI=1S/C17H19Cl3N8OS/c1-4-21-14-24-15(22-5-2)28-16(25-14)26-27-17(28)30-8(3)13(29)23-12-7-10(19)9(18)6-11(12)20/h6-8H,4-5H2,1-3H3,(H,23,29)(H2,21,22,24,25,26)/t8-/m0/s1. The Hall–Kier alpha value is -2.01. The minimum absolute atomic E-state index is 0.285. The van der Waals surface area contributed by atoms with E-state index in [1.165, 1.54) is 23.9 Å². The van der Waals surface area contributed by atoms with Gasteiger partial charge in [-0.2, -0.15) is 9.97 Å². The number of fused-ring (bicyclic) bond motifs is 1. The number of carbonyl (C=O) groups excluding carboxylic acids is 1. The smallest absolute Gasteiger partial charge is 0.261 e. The molecule has 0 aliphatic carbocycles. The molecule has 9 nitrogen and oxygen atoms in total. The maximum absolute atomic E-state index is 12.7. The fourth-order valence-electron chi connectivity index (χ4n) is 2.44. The number of benzene rings is 1. The van der Waals surface area contributed by atoms with Gasteiger partial charge in [0, 0.05) is 13.1 Å². The third-order valence-electron chi connectivity index (χ3n) is 3.83. The number of hydrogen-bond donors (Lipinski definition) is 3. The van der Waals surface area contributed by atoms with Crippen LogP contribution in [-0.4, -0.2) is 48.8 Å². The van der Waals surface area contributed by atoms with Gasteiger partial charge in [0.25, 0.3) is 5.78 Å². The van der Waals surface area contributed by atoms with Gasteiger partial charge < -0.3 is 16.0 Å². The number of halogens is 3. The van der Waals surface area contributed by atoms with Crippen LogP contribution in [0.3, 0.4) is 0 Å². The van der Waals surface area contributed by atoms with Crippen LogP contribution in [0.2, 0.25) is 15.1 Å². The quantitative estimate of drug-likeness (QED) is 0.314. The van der Waals surface area contributed by atoms with Crippen molar-refractivity contribution < 1.29 is 4.79 Å². The Morgan fingerprint density at radius 1 is 1.07 bits per heavy atom. The normalized spacial score (nSPS) is 12.1. The van der Waals surface area contributed by atoms with Gasteiger partial charge in [0.15, 0.2) is 0 Å². The summed E-state index contributed by atoms with van der Waals surface area (Å²) in [7, 11) is 0. The summed E-state index contributed by atoms with van der Waals surface area (Å²) in [6.45, 7) is 6.96. The Bertz CT molecular complexity index is 1080. The van der Waals surface area contributed by atoms with E-state index in [1.807, 2.05) is 13.8 Å². The molecule has 30 heavy (non-hydrogen) atoms. The summed E-state index contributed by atoms with van der Waals surface area (Å²) in [6.07, 6.45) is 0. The fourth-order valence-corrected chi connectivity index (χ4v) is 3.88. The summed E-state index contributed by atoms with van der Waals surface area (Å²) in [5.74, 6) is 1.07. The van der Waals surface area contributed by atoms with Crippen LogP contribution in [0.5, 0.6) is 0 Å². The lowest BCUT2D eigenvalue weighted by Crippen LogP contribution is -2.23. The minimum atomic E-state index is -0.522. The summed E-state index contributed by atoms with van der Waals surface area (Å²) < 4.78 is 1.67. The molecule has 1 amide bonds. The number of nitrogens with zero attached hydrogens (tertiary/aromatic N) is 5. The van der Waals surface area contributed by atoms with E-state index in [0.29, 0.717) is 56.7 Å². The van der Waals surface area contributed by atoms with E-state index < -0.39 is 5.25 Å². The molecule has 0 aliphatic heterocycles. The average molecular weight is 490 g/mol. The van der Waals surface area contributed by atoms with Gasteiger partial charge in [-0.15, -0.1) is 10.2 Å². The van der Waals surface area contributed by atoms with Crippen molar-refractivity contribution in [1.29, 1.82) is 0 Å². The maximum Gasteiger partial charge on any atom is 0.261 e. The van der Waals surface area contributed by atoms with Gasteiger partial charge in [0.2, 0.25) is 23.0 Å². The van der Waals surface area contributed by atoms with Crippen LogP contribution < -0.4 is 16.0 Å². The number of carbonyl (C=O) groups is 1. The molecule has 0 bridgehead atoms. The zero-order valence-corrected chi connectivity index (χ0v) is 19.4. The number of amides is 1. The molecule has 160 valence electrons. The second kappa shape index (κ2) is 9.86. The first-order chi connectivity index (χ1) is 14.3. The van der Waals surface area contributed by atoms with Crippen molar-refractivity contribution in [2.75, 3.05) is 29.0 Å². The molecule has 1 aromatic carbocycles. The molecule has 2 aromatic heterocycles. The van der Waals surface area contributed by atoms with Crippen LogP contribution in [0.25, 0.3) is 5.78 Å². The van der Waals surface area contributed by atoms with Gasteiger partial charge in [-0.25, -0.2) is 4.40 Å². The summed E-state index contributed by atoms with van der Waals surface area (Å²) in [4.78, 5) is 21.5. The minimum Gasteiger partial charge on any atom is -0.355 e. The molecule has 1 atom stereocenters. The first-order valence-electron chi connectivity index (χ1n) is 9.07. The molecule has 0 saturated carbocycles. The third-order valence-corrected chi connectivity index (χ3v) is 5.91. The summed E-state index contributed by atoms with van der Waals surface area (Å²) >= 11 is 19.3. The molecule has 0 radical (unpaired) electrons. The van der Waals surface area contributed by atoms with Gasteiger partial charge in [-0.05, 0) is 32.9 Å². The summed E-state index contributed by atoms with van der Waals surface area (Å²) in [6, 6.07) is 2.99. The molecular formula is C17H19Cl3N8OS. The Labute approximate surface area is 192 Å². The maximum atomic E-state index is 12.7. The number of rotatable bonds is 8. The van der Waals surface area contributed by atoms with E-state index in [9.17, 15) is 4.79 Å². The van der Waals surface area contributed by atoms with Crippen LogP contribution in [0.15, 0.2) is 17.3 Å². The van der Waals surface area contributed by atoms with Crippen LogP contribution >= 0.6 is 46.6 Å². The highest BCUT2D eigenvalue weighted by molar-refractivity contribution is 8.00. The van der Waals surface area contributed by atoms with Crippen molar-refractivity contribution in [3.8, 4) is 0 Å². The van der Waals surface area contributed by atoms with E-state index in [0.717, 1.165) is 0 Å². The molecular weight excluding hydrogens is 471 g/mol. The van der Waals surface area contributed by atoms with E-state index in [2.05, 4.69) is 36.1 Å². The molecule has 3 rings (SSSR count). The molecule has 0 aliphatic rings. The van der Waals surface area contributed by atoms with Crippen LogP contribution in [-0.2, 0) is 4.79 Å². The van der Waals surface area contributed by atoms with Crippen molar-refractivity contribution in [1.82, 2.24) is 24.6 Å². The van der Waals surface area contributed by atoms with Gasteiger partial charge in [-0.1, -0.05) is 46.6 Å². The van der Waals surface area contributed by atoms with Crippen molar-refractivity contribution in [3.63, 3.8) is 0 Å². The summed E-state index contributed by atoms with van der Waals surface area (Å²) in [5, 5.41) is 18.1. The van der Waals surface area contributed by atoms with Crippen molar-refractivity contribution in [3.05, 3.63) is 27.2 Å². The Kier molecular flexibility index (Phi) is 7.45. The van der Waals surface area contributed by atoms with Crippen LogP contribution in [0, 0.1) is 0 Å². The van der Waals surface area contributed by atoms with Gasteiger partial charge >= 0.3 is 0 Å². The molecule has 2 heterocycles. The highest BCUT2D eigenvalue weighted by atomic mass is 35.5. The lowest BCUT2D eigenvalue weighted by molar-refractivity contribution is -0.115. The zero-order valence-electron chi connectivity index (χ0n) is 16.3. The molecule has 0 spiro atoms. The molecule has 0 unspecified atom stereocenters. The van der Waals surface area contributed by atoms with Crippen LogP contribution in [0.4, 0.5) is 17.6 Å². The number of hydrogen-bond acceptors (Lipinski definition) is 8. The fraction of sp³-hybridized carbons (Fsp3) is 0.353. The van der Waals surface area contributed by atoms with E-state index in [4.69, 9.17) is 34.8 Å². The number of thioether (sulfide) groups is 1. The lowest BCUT2D eigenvalue weighted by Gasteiger charge is -2.14. The topological polar surface area (TPSA) is 109 Å². The van der Waals surface area contributed by atoms with Gasteiger partial charge in [0.05, 0.1) is 26.0 Å². The molecule has 0 saturated heterocycles. The second-order valence-electron chi connectivity index (χ2n) is 6.04. The Morgan fingerprint density at radius 3 is 2.47 bits per heavy atom. The second-order valence-corrected chi connectivity index (χ2v) is 8.57. The first-order valence-corrected chi connectivity index (χ1v) is 11.1. The summed E-state index contributed by atoms with van der Waals surface area (Å²) in [5.41, 5.74) is 0.376. The van der Waals surface area contributed by atoms with Crippen LogP contribution in [0.1, 0.15) is 20.8 Å². The largest absolute Gasteiger partial charge is 0.355 e. The van der Waals surface area contributed by atoms with E-state index >= 15 is 0 Å². The molecule has 13 heteroatoms. The van der Waals surface area contributed by atoms with Gasteiger partial charge in [0.1, 0.15) is 0 Å². The zero-order chi connectivity index (χ0) is 21.8. The third kappa shape index (κ3) is 5.00. The monoisotopic (exact) mass is 488 g/mol. The van der Waals surface area contributed by atoms with Crippen molar-refractivity contribution in [2.24, 2.45) is 0 Å². The predicted octanol–water partition coefficient (Wildman–Crippen LogP) is 4.46. The SMILES string of the molecule is CCNc1nc(NCC)n2c(S[C@@H](C)C(=O)Nc3cc(Cl)c(Cl)cc3Cl)nnc2n1. The predicted molar refractivity (Wildman–Crippen MR) is 122 cm³/mol. The highest BCUT2D eigenvalue weighted by Gasteiger charge is 2.22.